The minimum atomic E-state index is 0. The second-order valence-electron chi connectivity index (χ2n) is 14.0. The molecule has 1 unspecified atom stereocenters. The van der Waals surface area contributed by atoms with Crippen LogP contribution in [0.3, 0.4) is 0 Å². The zero-order valence-corrected chi connectivity index (χ0v) is 31.0. The van der Waals surface area contributed by atoms with E-state index in [4.69, 9.17) is 0 Å². The summed E-state index contributed by atoms with van der Waals surface area (Å²) in [6, 6.07) is 27.6. The van der Waals surface area contributed by atoms with E-state index in [1.165, 1.54) is 68.8 Å². The molecule has 0 aromatic heterocycles. The molecule has 0 aliphatic heterocycles. The van der Waals surface area contributed by atoms with E-state index in [0.29, 0.717) is 11.3 Å². The van der Waals surface area contributed by atoms with Gasteiger partial charge in [-0.15, -0.1) is 5.56 Å². The normalized spacial score (nSPS) is 15.0. The van der Waals surface area contributed by atoms with E-state index in [0.717, 1.165) is 12.8 Å². The molecular formula is C41H54Zr-4. The molecule has 0 nitrogen and oxygen atoms in total. The van der Waals surface area contributed by atoms with Crippen LogP contribution in [0, 0.1) is 37.0 Å². The van der Waals surface area contributed by atoms with E-state index in [1.807, 2.05) is 30.3 Å². The van der Waals surface area contributed by atoms with Gasteiger partial charge in [0, 0.05) is 0 Å². The fraction of sp³-hybridized carbons (Fsp3) is 0.415. The maximum absolute atomic E-state index is 3.53. The van der Waals surface area contributed by atoms with Gasteiger partial charge >= 0.3 is 28.4 Å². The van der Waals surface area contributed by atoms with Crippen LogP contribution in [0.4, 0.5) is 0 Å². The van der Waals surface area contributed by atoms with Crippen LogP contribution in [0.5, 0.6) is 0 Å². The van der Waals surface area contributed by atoms with Crippen molar-refractivity contribution in [2.24, 2.45) is 11.3 Å². The molecule has 1 heteroatoms. The van der Waals surface area contributed by atoms with Crippen molar-refractivity contribution in [2.45, 2.75) is 99.8 Å². The quantitative estimate of drug-likeness (QED) is 0.182. The number of fused-ring (bicyclic) bond motifs is 3. The van der Waals surface area contributed by atoms with E-state index in [9.17, 15) is 0 Å². The molecule has 1 atom stereocenters. The molecule has 42 heavy (non-hydrogen) atoms. The maximum atomic E-state index is 3.53. The van der Waals surface area contributed by atoms with Crippen LogP contribution in [0.2, 0.25) is 0 Å². The van der Waals surface area contributed by atoms with Gasteiger partial charge in [0.15, 0.2) is 0 Å². The molecule has 0 amide bonds. The van der Waals surface area contributed by atoms with Crippen molar-refractivity contribution in [1.82, 2.24) is 0 Å². The first kappa shape index (κ1) is 37.9. The maximum Gasteiger partial charge on any atom is -0.171 e. The van der Waals surface area contributed by atoms with E-state index >= 15 is 0 Å². The van der Waals surface area contributed by atoms with Crippen LogP contribution in [0.25, 0.3) is 11.1 Å². The summed E-state index contributed by atoms with van der Waals surface area (Å²) in [7, 11) is 0. The molecule has 0 fully saturated rings. The second-order valence-corrected chi connectivity index (χ2v) is 14.0. The summed E-state index contributed by atoms with van der Waals surface area (Å²) in [5, 5.41) is 0. The SMILES string of the molecule is CC(C)(C)c1c[c-]c2c(c1)-c1cc(C(C)(C)C)ccc1C2.CCC1=[C-]C(C)C=C1C(C)(C)C.[CH2]=[Zr].[CH3-].[c-]1ccccc1. The Morgan fingerprint density at radius 2 is 1.38 bits per heavy atom. The minimum absolute atomic E-state index is 0. The van der Waals surface area contributed by atoms with Crippen molar-refractivity contribution in [3.63, 3.8) is 0 Å². The Bertz CT molecular complexity index is 1230. The van der Waals surface area contributed by atoms with Gasteiger partial charge in [-0.2, -0.15) is 77.4 Å². The van der Waals surface area contributed by atoms with Crippen molar-refractivity contribution < 1.29 is 24.2 Å². The van der Waals surface area contributed by atoms with Crippen LogP contribution < -0.4 is 0 Å². The Hall–Kier alpha value is -2.11. The molecule has 3 aromatic carbocycles. The fourth-order valence-electron chi connectivity index (χ4n) is 5.07. The Morgan fingerprint density at radius 3 is 1.81 bits per heavy atom. The third-order valence-corrected chi connectivity index (χ3v) is 7.44. The van der Waals surface area contributed by atoms with Gasteiger partial charge in [-0.1, -0.05) is 129 Å². The minimum Gasteiger partial charge on any atom is -0.358 e. The average Bonchev–Trinajstić information content (AvgIpc) is 3.50. The Balaban J connectivity index is 0.000000354. The summed E-state index contributed by atoms with van der Waals surface area (Å²) in [5.41, 5.74) is 12.0. The standard InChI is InChI=1S/C21H25.C12H19.C6H5.CH3.CH2.Zr/c1-20(2,3)16-9-7-14-11-15-8-10-17(21(4,5)6)13-19(15)18(14)12-16;1-6-10-7-9(2)8-11(10)12(3,4)5;1-2-4-6-5-3-1;;;/h7,9-10,12-13H,11H2,1-6H3;8-9H,6H2,1-5H3;1-5H;1H3;1H2;/q4*-1;;. The zero-order chi connectivity index (χ0) is 31.0. The smallest absolute Gasteiger partial charge is 0.171 e. The number of benzene rings is 3. The number of hydrogen-bond donors (Lipinski definition) is 0. The van der Waals surface area contributed by atoms with Crippen molar-refractivity contribution in [3.8, 4) is 11.1 Å². The number of hydrogen-bond acceptors (Lipinski definition) is 0. The molecule has 0 bridgehead atoms. The fourth-order valence-corrected chi connectivity index (χ4v) is 5.07. The van der Waals surface area contributed by atoms with Gasteiger partial charge in [-0.3, -0.25) is 6.08 Å². The third-order valence-electron chi connectivity index (χ3n) is 7.44. The predicted octanol–water partition coefficient (Wildman–Crippen LogP) is 11.3. The second kappa shape index (κ2) is 16.1. The molecule has 0 N–H and O–H groups in total. The molecule has 0 radical (unpaired) electrons. The van der Waals surface area contributed by atoms with E-state index in [-0.39, 0.29) is 18.3 Å². The molecular weight excluding hydrogens is 584 g/mol. The first-order chi connectivity index (χ1) is 19.1. The molecule has 2 aliphatic carbocycles. The third kappa shape index (κ3) is 10.6. The van der Waals surface area contributed by atoms with Gasteiger partial charge in [0.2, 0.25) is 0 Å². The molecule has 3 aromatic rings. The van der Waals surface area contributed by atoms with Gasteiger partial charge in [-0.05, 0) is 17.4 Å². The topological polar surface area (TPSA) is 0 Å². The summed E-state index contributed by atoms with van der Waals surface area (Å²) in [5.74, 6) is 0.522. The van der Waals surface area contributed by atoms with Crippen molar-refractivity contribution >= 4 is 4.21 Å². The van der Waals surface area contributed by atoms with E-state index in [1.54, 1.807) is 0 Å². The van der Waals surface area contributed by atoms with Gasteiger partial charge in [-0.25, -0.2) is 5.57 Å². The summed E-state index contributed by atoms with van der Waals surface area (Å²) in [6.07, 6.45) is 7.98. The molecule has 0 spiro atoms. The van der Waals surface area contributed by atoms with E-state index in [2.05, 4.69) is 135 Å². The summed E-state index contributed by atoms with van der Waals surface area (Å²) >= 11 is 1.30. The molecule has 2 aliphatic rings. The van der Waals surface area contributed by atoms with Crippen molar-refractivity contribution in [2.75, 3.05) is 0 Å². The van der Waals surface area contributed by atoms with Gasteiger partial charge < -0.3 is 7.43 Å². The van der Waals surface area contributed by atoms with Crippen LogP contribution in [0.1, 0.15) is 105 Å². The Morgan fingerprint density at radius 1 is 0.810 bits per heavy atom. The summed E-state index contributed by atoms with van der Waals surface area (Å²) in [6.45, 7) is 24.9. The van der Waals surface area contributed by atoms with Crippen molar-refractivity contribution in [1.29, 1.82) is 0 Å². The van der Waals surface area contributed by atoms with Gasteiger partial charge in [0.1, 0.15) is 0 Å². The van der Waals surface area contributed by atoms with Crippen molar-refractivity contribution in [3.05, 3.63) is 126 Å². The number of rotatable bonds is 1. The van der Waals surface area contributed by atoms with Gasteiger partial charge in [0.25, 0.3) is 0 Å². The Kier molecular flexibility index (Phi) is 14.5. The molecule has 5 rings (SSSR count). The molecule has 0 heterocycles. The largest absolute Gasteiger partial charge is 0.358 e. The Labute approximate surface area is 275 Å². The first-order valence-corrected chi connectivity index (χ1v) is 16.7. The molecule has 0 saturated carbocycles. The van der Waals surface area contributed by atoms with Crippen LogP contribution in [-0.4, -0.2) is 4.21 Å². The van der Waals surface area contributed by atoms with Crippen LogP contribution >= 0.6 is 0 Å². The summed E-state index contributed by atoms with van der Waals surface area (Å²) < 4.78 is 3.34. The average molecular weight is 638 g/mol. The monoisotopic (exact) mass is 636 g/mol. The van der Waals surface area contributed by atoms with Crippen LogP contribution in [0.15, 0.2) is 77.9 Å². The van der Waals surface area contributed by atoms with Crippen LogP contribution in [-0.2, 0) is 41.5 Å². The van der Waals surface area contributed by atoms with E-state index < -0.39 is 0 Å². The summed E-state index contributed by atoms with van der Waals surface area (Å²) in [4.78, 5) is 0. The molecule has 226 valence electrons. The number of allylic oxidation sites excluding steroid dienone is 4. The van der Waals surface area contributed by atoms with Gasteiger partial charge in [0.05, 0.1) is 0 Å². The zero-order valence-electron chi connectivity index (χ0n) is 28.5. The predicted molar refractivity (Wildman–Crippen MR) is 183 cm³/mol. The first-order valence-electron chi connectivity index (χ1n) is 14.9. The molecule has 0 saturated heterocycles.